The minimum Gasteiger partial charge on any atom is -0.480 e. The number of hydrogen-bond acceptors (Lipinski definition) is 2. The van der Waals surface area contributed by atoms with Gasteiger partial charge in [0, 0.05) is 0 Å². The van der Waals surface area contributed by atoms with Gasteiger partial charge in [0.15, 0.2) is 0 Å². The molecule has 0 aliphatic rings. The summed E-state index contributed by atoms with van der Waals surface area (Å²) in [5.74, 6) is -1.95. The Morgan fingerprint density at radius 3 is 1.08 bits per heavy atom. The minimum atomic E-state index is -0.975. The van der Waals surface area contributed by atoms with Gasteiger partial charge in [0.1, 0.15) is 10.8 Å². The van der Waals surface area contributed by atoms with Crippen LogP contribution in [0, 0.1) is 0 Å². The molecule has 0 bridgehead atoms. The van der Waals surface area contributed by atoms with Crippen molar-refractivity contribution in [2.75, 3.05) is 0 Å². The second-order valence-corrected chi connectivity index (χ2v) is 3.22. The highest BCUT2D eigenvalue weighted by molar-refractivity contribution is 6.29. The fourth-order valence-electron chi connectivity index (χ4n) is 0. The Kier molecular flexibility index (Phi) is 8.42. The molecule has 2 N–H and O–H groups in total. The van der Waals surface area contributed by atoms with E-state index in [4.69, 9.17) is 33.4 Å². The Balaban J connectivity index is 0. The monoisotopic (exact) mass is 216 g/mol. The maximum atomic E-state index is 9.57. The highest BCUT2D eigenvalue weighted by Crippen LogP contribution is 1.89. The number of halogens is 2. The molecular weight excluding hydrogens is 207 g/mol. The Hall–Kier alpha value is -0.480. The van der Waals surface area contributed by atoms with Crippen LogP contribution < -0.4 is 0 Å². The van der Waals surface area contributed by atoms with E-state index in [1.807, 2.05) is 0 Å². The van der Waals surface area contributed by atoms with E-state index in [1.165, 1.54) is 13.8 Å². The van der Waals surface area contributed by atoms with E-state index in [0.29, 0.717) is 0 Å². The molecule has 0 heterocycles. The van der Waals surface area contributed by atoms with Crippen LogP contribution in [0.4, 0.5) is 0 Å². The number of rotatable bonds is 2. The maximum absolute atomic E-state index is 9.57. The number of aliphatic carboxylic acids is 2. The van der Waals surface area contributed by atoms with E-state index < -0.39 is 22.7 Å². The number of hydrogen-bond donors (Lipinski definition) is 2. The van der Waals surface area contributed by atoms with Crippen LogP contribution in [0.1, 0.15) is 13.8 Å². The van der Waals surface area contributed by atoms with Crippen molar-refractivity contribution in [3.05, 3.63) is 0 Å². The van der Waals surface area contributed by atoms with Gasteiger partial charge < -0.3 is 10.2 Å². The molecule has 0 aliphatic heterocycles. The normalized spacial score (nSPS) is 13.7. The lowest BCUT2D eigenvalue weighted by Gasteiger charge is -1.86. The summed E-state index contributed by atoms with van der Waals surface area (Å²) < 4.78 is 0. The molecule has 6 heteroatoms. The molecule has 0 radical (unpaired) electrons. The Labute approximate surface area is 80.1 Å². The summed E-state index contributed by atoms with van der Waals surface area (Å²) in [4.78, 5) is 19.1. The van der Waals surface area contributed by atoms with E-state index in [1.54, 1.807) is 0 Å². The number of carboxylic acid groups (broad SMARTS) is 2. The molecule has 0 aliphatic carbocycles. The zero-order valence-corrected chi connectivity index (χ0v) is 8.13. The van der Waals surface area contributed by atoms with Crippen LogP contribution >= 0.6 is 23.2 Å². The molecule has 2 atom stereocenters. The third-order valence-electron chi connectivity index (χ3n) is 0.681. The summed E-state index contributed by atoms with van der Waals surface area (Å²) in [5.41, 5.74) is 0. The average Bonchev–Trinajstić information content (AvgIpc) is 1.88. The molecule has 0 saturated heterocycles. The van der Waals surface area contributed by atoms with Gasteiger partial charge in [0.05, 0.1) is 0 Å². The molecular formula is C6H10Cl2O4. The van der Waals surface area contributed by atoms with Gasteiger partial charge in [-0.3, -0.25) is 9.59 Å². The molecule has 2 unspecified atom stereocenters. The predicted octanol–water partition coefficient (Wildman–Crippen LogP) is 1.40. The third-order valence-corrected chi connectivity index (χ3v) is 1.05. The van der Waals surface area contributed by atoms with Crippen molar-refractivity contribution in [2.24, 2.45) is 0 Å². The van der Waals surface area contributed by atoms with Gasteiger partial charge in [0.2, 0.25) is 0 Å². The van der Waals surface area contributed by atoms with Crippen molar-refractivity contribution < 1.29 is 19.8 Å². The maximum Gasteiger partial charge on any atom is 0.321 e. The Bertz CT molecular complexity index is 138. The number of alkyl halides is 2. The molecule has 0 fully saturated rings. The lowest BCUT2D eigenvalue weighted by atomic mass is 10.5. The van der Waals surface area contributed by atoms with Gasteiger partial charge in [-0.2, -0.15) is 0 Å². The molecule has 4 nitrogen and oxygen atoms in total. The minimum absolute atomic E-state index is 0.759. The molecule has 0 aromatic heterocycles. The van der Waals surface area contributed by atoms with E-state index in [0.717, 1.165) is 0 Å². The van der Waals surface area contributed by atoms with Crippen molar-refractivity contribution >= 4 is 35.1 Å². The standard InChI is InChI=1S/2C3H5ClO2/c2*1-2(4)3(5)6/h2*2H,1H3,(H,5,6). The first-order valence-corrected chi connectivity index (χ1v) is 3.90. The zero-order chi connectivity index (χ0) is 10.3. The van der Waals surface area contributed by atoms with Crippen molar-refractivity contribution in [2.45, 2.75) is 24.6 Å². The van der Waals surface area contributed by atoms with E-state index in [-0.39, 0.29) is 0 Å². The number of carbonyl (C=O) groups is 2. The summed E-state index contributed by atoms with van der Waals surface area (Å²) >= 11 is 10.0. The van der Waals surface area contributed by atoms with Crippen molar-refractivity contribution in [1.82, 2.24) is 0 Å². The van der Waals surface area contributed by atoms with Crippen LogP contribution in [0.5, 0.6) is 0 Å². The SMILES string of the molecule is CC(Cl)C(=O)O.CC(Cl)C(=O)O. The zero-order valence-electron chi connectivity index (χ0n) is 6.62. The van der Waals surface area contributed by atoms with Gasteiger partial charge in [-0.1, -0.05) is 0 Å². The lowest BCUT2D eigenvalue weighted by molar-refractivity contribution is -0.137. The fraction of sp³-hybridized carbons (Fsp3) is 0.667. The van der Waals surface area contributed by atoms with E-state index >= 15 is 0 Å². The Morgan fingerprint density at radius 1 is 1.00 bits per heavy atom. The largest absolute Gasteiger partial charge is 0.480 e. The smallest absolute Gasteiger partial charge is 0.321 e. The van der Waals surface area contributed by atoms with Crippen LogP contribution in [0.3, 0.4) is 0 Å². The van der Waals surface area contributed by atoms with Crippen molar-refractivity contribution in [3.63, 3.8) is 0 Å². The topological polar surface area (TPSA) is 74.6 Å². The summed E-state index contributed by atoms with van der Waals surface area (Å²) in [6, 6.07) is 0. The third kappa shape index (κ3) is 12.2. The van der Waals surface area contributed by atoms with Gasteiger partial charge in [-0.15, -0.1) is 23.2 Å². The second kappa shape index (κ2) is 7.18. The van der Waals surface area contributed by atoms with Crippen LogP contribution in [0.2, 0.25) is 0 Å². The van der Waals surface area contributed by atoms with Gasteiger partial charge in [-0.05, 0) is 13.8 Å². The molecule has 0 amide bonds. The molecule has 12 heavy (non-hydrogen) atoms. The predicted molar refractivity (Wildman–Crippen MR) is 45.9 cm³/mol. The first-order chi connectivity index (χ1) is 5.29. The first kappa shape index (κ1) is 14.1. The quantitative estimate of drug-likeness (QED) is 0.685. The van der Waals surface area contributed by atoms with Crippen molar-refractivity contribution in [1.29, 1.82) is 0 Å². The van der Waals surface area contributed by atoms with Gasteiger partial charge >= 0.3 is 11.9 Å². The summed E-state index contributed by atoms with van der Waals surface area (Å²) in [7, 11) is 0. The molecule has 0 saturated carbocycles. The highest BCUT2D eigenvalue weighted by Gasteiger charge is 2.02. The van der Waals surface area contributed by atoms with Crippen LogP contribution in [-0.2, 0) is 9.59 Å². The van der Waals surface area contributed by atoms with E-state index in [2.05, 4.69) is 0 Å². The molecule has 0 spiro atoms. The van der Waals surface area contributed by atoms with Crippen LogP contribution in [0.15, 0.2) is 0 Å². The second-order valence-electron chi connectivity index (χ2n) is 1.91. The first-order valence-electron chi connectivity index (χ1n) is 3.02. The average molecular weight is 217 g/mol. The Morgan fingerprint density at radius 2 is 1.08 bits per heavy atom. The van der Waals surface area contributed by atoms with Crippen LogP contribution in [0.25, 0.3) is 0 Å². The lowest BCUT2D eigenvalue weighted by Crippen LogP contribution is -2.06. The van der Waals surface area contributed by atoms with Gasteiger partial charge in [-0.25, -0.2) is 0 Å². The highest BCUT2D eigenvalue weighted by atomic mass is 35.5. The molecule has 72 valence electrons. The van der Waals surface area contributed by atoms with Crippen LogP contribution in [-0.4, -0.2) is 32.9 Å². The van der Waals surface area contributed by atoms with Crippen molar-refractivity contribution in [3.8, 4) is 0 Å². The number of carboxylic acids is 2. The van der Waals surface area contributed by atoms with E-state index in [9.17, 15) is 9.59 Å². The molecule has 0 aromatic rings. The summed E-state index contributed by atoms with van der Waals surface area (Å²) in [6.07, 6.45) is 0. The summed E-state index contributed by atoms with van der Waals surface area (Å²) in [6.45, 7) is 2.81. The summed E-state index contributed by atoms with van der Waals surface area (Å²) in [5, 5.41) is 14.2. The van der Waals surface area contributed by atoms with Gasteiger partial charge in [0.25, 0.3) is 0 Å². The molecule has 0 aromatic carbocycles. The molecule has 0 rings (SSSR count). The fourth-order valence-corrected chi connectivity index (χ4v) is 0.